The number of nitrogens with zero attached hydrogens (tertiary/aromatic N) is 4. The Labute approximate surface area is 175 Å². The van der Waals surface area contributed by atoms with Gasteiger partial charge in [-0.25, -0.2) is 4.98 Å². The van der Waals surface area contributed by atoms with Crippen molar-refractivity contribution < 1.29 is 19.4 Å². The summed E-state index contributed by atoms with van der Waals surface area (Å²) < 4.78 is 5.59. The van der Waals surface area contributed by atoms with Crippen molar-refractivity contribution in [3.63, 3.8) is 0 Å². The van der Waals surface area contributed by atoms with Crippen molar-refractivity contribution in [2.75, 3.05) is 5.43 Å². The van der Waals surface area contributed by atoms with Gasteiger partial charge < -0.3 is 4.74 Å². The number of rotatable bonds is 7. The molecule has 1 heterocycles. The summed E-state index contributed by atoms with van der Waals surface area (Å²) in [6.45, 7) is 3.71. The predicted octanol–water partition coefficient (Wildman–Crippen LogP) is 3.46. The van der Waals surface area contributed by atoms with Crippen LogP contribution in [0.1, 0.15) is 21.5 Å². The Morgan fingerprint density at radius 1 is 0.968 bits per heavy atom. The maximum absolute atomic E-state index is 12.2. The highest BCUT2D eigenvalue weighted by atomic mass is 16.6. The zero-order valence-corrected chi connectivity index (χ0v) is 16.4. The number of anilines is 1. The van der Waals surface area contributed by atoms with Gasteiger partial charge in [-0.05, 0) is 49.2 Å². The molecule has 3 aromatic rings. The lowest BCUT2D eigenvalue weighted by atomic mass is 10.1. The Hall–Kier alpha value is -4.61. The molecule has 0 saturated heterocycles. The van der Waals surface area contributed by atoms with E-state index >= 15 is 0 Å². The molecular weight excluding hydrogens is 408 g/mol. The number of nitro groups is 2. The van der Waals surface area contributed by atoms with Gasteiger partial charge in [0.05, 0.1) is 9.85 Å². The molecule has 31 heavy (non-hydrogen) atoms. The van der Waals surface area contributed by atoms with E-state index in [0.717, 1.165) is 29.6 Å². The van der Waals surface area contributed by atoms with E-state index in [0.29, 0.717) is 5.75 Å². The fourth-order valence-corrected chi connectivity index (χ4v) is 2.72. The fraction of sp³-hybridized carbons (Fsp3) is 0.105. The normalized spacial score (nSPS) is 10.3. The van der Waals surface area contributed by atoms with E-state index in [-0.39, 0.29) is 22.9 Å². The van der Waals surface area contributed by atoms with E-state index in [4.69, 9.17) is 4.74 Å². The van der Waals surface area contributed by atoms with Gasteiger partial charge in [0, 0.05) is 17.7 Å². The zero-order chi connectivity index (χ0) is 22.5. The summed E-state index contributed by atoms with van der Waals surface area (Å²) >= 11 is 0. The first-order valence-corrected chi connectivity index (χ1v) is 8.81. The molecule has 0 aliphatic rings. The van der Waals surface area contributed by atoms with Crippen LogP contribution < -0.4 is 15.6 Å². The number of hydrogen-bond donors (Lipinski definition) is 2. The van der Waals surface area contributed by atoms with Gasteiger partial charge in [-0.15, -0.1) is 0 Å². The first-order chi connectivity index (χ1) is 14.7. The quantitative estimate of drug-likeness (QED) is 0.427. The first-order valence-electron chi connectivity index (χ1n) is 8.81. The van der Waals surface area contributed by atoms with Crippen molar-refractivity contribution in [3.05, 3.63) is 85.7 Å². The van der Waals surface area contributed by atoms with Gasteiger partial charge in [0.1, 0.15) is 12.1 Å². The van der Waals surface area contributed by atoms with Crippen LogP contribution in [0.25, 0.3) is 0 Å². The molecule has 2 aromatic carbocycles. The van der Waals surface area contributed by atoms with Gasteiger partial charge in [-0.3, -0.25) is 35.9 Å². The van der Waals surface area contributed by atoms with Crippen molar-refractivity contribution in [1.82, 2.24) is 15.4 Å². The van der Waals surface area contributed by atoms with E-state index < -0.39 is 21.4 Å². The fourth-order valence-electron chi connectivity index (χ4n) is 2.72. The molecule has 3 rings (SSSR count). The Balaban J connectivity index is 1.81. The number of aromatic nitrogens is 2. The van der Waals surface area contributed by atoms with Crippen LogP contribution in [0.3, 0.4) is 0 Å². The number of carbonyl (C=O) groups is 1. The Morgan fingerprint density at radius 3 is 2.19 bits per heavy atom. The van der Waals surface area contributed by atoms with Gasteiger partial charge in [0.25, 0.3) is 11.6 Å². The third-order valence-corrected chi connectivity index (χ3v) is 4.02. The van der Waals surface area contributed by atoms with Gasteiger partial charge in [-0.2, -0.15) is 4.98 Å². The van der Waals surface area contributed by atoms with Gasteiger partial charge in [0.2, 0.25) is 5.82 Å². The number of benzene rings is 2. The number of hydrazine groups is 1. The first kappa shape index (κ1) is 21.1. The average molecular weight is 424 g/mol. The van der Waals surface area contributed by atoms with E-state index in [1.54, 1.807) is 12.1 Å². The molecule has 12 nitrogen and oxygen atoms in total. The Kier molecular flexibility index (Phi) is 6.00. The van der Waals surface area contributed by atoms with E-state index in [1.165, 1.54) is 12.1 Å². The Morgan fingerprint density at radius 2 is 1.61 bits per heavy atom. The summed E-state index contributed by atoms with van der Waals surface area (Å²) in [5.41, 5.74) is 5.78. The maximum Gasteiger partial charge on any atom is 0.374 e. The zero-order valence-electron chi connectivity index (χ0n) is 16.4. The molecule has 1 aromatic heterocycles. The second-order valence-corrected chi connectivity index (χ2v) is 6.44. The number of nitrogens with one attached hydrogen (secondary N) is 2. The van der Waals surface area contributed by atoms with Gasteiger partial charge in [0.15, 0.2) is 0 Å². The number of amides is 1. The number of ether oxygens (including phenoxy) is 1. The smallest absolute Gasteiger partial charge is 0.374 e. The van der Waals surface area contributed by atoms with Crippen molar-refractivity contribution >= 4 is 23.1 Å². The largest absolute Gasteiger partial charge is 0.434 e. The number of non-ortho nitro benzene ring substituents is 1. The highest BCUT2D eigenvalue weighted by molar-refractivity contribution is 5.95. The molecule has 1 amide bonds. The van der Waals surface area contributed by atoms with E-state index in [9.17, 15) is 25.0 Å². The molecule has 158 valence electrons. The lowest BCUT2D eigenvalue weighted by Gasteiger charge is -2.11. The molecule has 0 aliphatic carbocycles. The number of carbonyl (C=O) groups excluding carboxylic acids is 1. The minimum absolute atomic E-state index is 0.0986. The third-order valence-electron chi connectivity index (χ3n) is 4.02. The summed E-state index contributed by atoms with van der Waals surface area (Å²) in [6, 6.07) is 10.1. The second kappa shape index (κ2) is 8.82. The van der Waals surface area contributed by atoms with Crippen LogP contribution in [-0.2, 0) is 0 Å². The highest BCUT2D eigenvalue weighted by Gasteiger charge is 2.25. The number of aryl methyl sites for hydroxylation is 2. The lowest BCUT2D eigenvalue weighted by molar-refractivity contribution is -0.385. The van der Waals surface area contributed by atoms with E-state index in [2.05, 4.69) is 20.8 Å². The minimum atomic E-state index is -0.738. The molecule has 0 unspecified atom stereocenters. The lowest BCUT2D eigenvalue weighted by Crippen LogP contribution is -2.30. The van der Waals surface area contributed by atoms with Crippen molar-refractivity contribution in [2.45, 2.75) is 13.8 Å². The van der Waals surface area contributed by atoms with Gasteiger partial charge in [-0.1, -0.05) is 6.07 Å². The molecule has 0 fully saturated rings. The number of hydrogen-bond acceptors (Lipinski definition) is 9. The Bertz CT molecular complexity index is 1140. The van der Waals surface area contributed by atoms with Crippen LogP contribution >= 0.6 is 0 Å². The molecule has 0 radical (unpaired) electrons. The topological polar surface area (TPSA) is 162 Å². The van der Waals surface area contributed by atoms with Crippen molar-refractivity contribution in [2.24, 2.45) is 0 Å². The minimum Gasteiger partial charge on any atom is -0.434 e. The second-order valence-electron chi connectivity index (χ2n) is 6.44. The van der Waals surface area contributed by atoms with Crippen LogP contribution in [0.2, 0.25) is 0 Å². The summed E-state index contributed by atoms with van der Waals surface area (Å²) in [5, 5.41) is 22.3. The van der Waals surface area contributed by atoms with E-state index in [1.807, 2.05) is 19.9 Å². The average Bonchev–Trinajstić information content (AvgIpc) is 2.71. The molecule has 0 aliphatic heterocycles. The van der Waals surface area contributed by atoms with Crippen LogP contribution in [0.15, 0.2) is 48.8 Å². The monoisotopic (exact) mass is 424 g/mol. The van der Waals surface area contributed by atoms with Crippen molar-refractivity contribution in [1.29, 1.82) is 0 Å². The van der Waals surface area contributed by atoms with Crippen LogP contribution in [-0.4, -0.2) is 25.7 Å². The highest BCUT2D eigenvalue weighted by Crippen LogP contribution is 2.34. The number of nitro benzene ring substituents is 1. The molecule has 0 bridgehead atoms. The third kappa shape index (κ3) is 5.06. The maximum atomic E-state index is 12.2. The van der Waals surface area contributed by atoms with Crippen LogP contribution in [0.4, 0.5) is 17.2 Å². The molecule has 0 saturated carbocycles. The summed E-state index contributed by atoms with van der Waals surface area (Å²) in [7, 11) is 0. The standard InChI is InChI=1S/C19H16N6O6/c1-11-7-12(2)9-15(8-11)31-19-16(25(29)30)17(20-10-21-19)22-23-18(26)13-3-5-14(6-4-13)24(27)28/h3-10H,1-2H3,(H,23,26)(H,20,21,22). The van der Waals surface area contributed by atoms with Crippen LogP contribution in [0, 0.1) is 34.1 Å². The molecule has 2 N–H and O–H groups in total. The summed E-state index contributed by atoms with van der Waals surface area (Å²) in [6.07, 6.45) is 1.05. The molecular formula is C19H16N6O6. The summed E-state index contributed by atoms with van der Waals surface area (Å²) in [5.74, 6) is -0.925. The van der Waals surface area contributed by atoms with Gasteiger partial charge >= 0.3 is 11.6 Å². The summed E-state index contributed by atoms with van der Waals surface area (Å²) in [4.78, 5) is 40.8. The predicted molar refractivity (Wildman–Crippen MR) is 109 cm³/mol. The molecule has 12 heteroatoms. The molecule has 0 atom stereocenters. The SMILES string of the molecule is Cc1cc(C)cc(Oc2ncnc(NNC(=O)c3ccc([N+](=O)[O-])cc3)c2[N+](=O)[O-])c1. The van der Waals surface area contributed by atoms with Crippen molar-refractivity contribution in [3.8, 4) is 11.6 Å². The van der Waals surface area contributed by atoms with Crippen LogP contribution in [0.5, 0.6) is 11.6 Å². The molecule has 0 spiro atoms.